The minimum Gasteiger partial charge on any atom is -0.332 e. The Morgan fingerprint density at radius 3 is 2.84 bits per heavy atom. The summed E-state index contributed by atoms with van der Waals surface area (Å²) in [6.07, 6.45) is 7.30. The zero-order valence-electron chi connectivity index (χ0n) is 13.8. The minimum absolute atomic E-state index is 0.249. The van der Waals surface area contributed by atoms with Crippen molar-refractivity contribution in [1.29, 1.82) is 0 Å². The molecule has 0 saturated carbocycles. The summed E-state index contributed by atoms with van der Waals surface area (Å²) < 4.78 is 5.32. The van der Waals surface area contributed by atoms with Crippen LogP contribution in [0, 0.1) is 0 Å². The second kappa shape index (κ2) is 7.46. The fourth-order valence-electron chi connectivity index (χ4n) is 2.40. The Morgan fingerprint density at radius 2 is 2.16 bits per heavy atom. The number of hydrogen-bond donors (Lipinski definition) is 1. The van der Waals surface area contributed by atoms with Crippen LogP contribution in [0.5, 0.6) is 0 Å². The molecule has 1 atom stereocenters. The molecule has 2 aromatic rings. The number of nitrogens with two attached hydrogens (primary N) is 1. The molecule has 25 heavy (non-hydrogen) atoms. The zero-order chi connectivity index (χ0) is 17.8. The first kappa shape index (κ1) is 17.1. The fraction of sp³-hybridized carbons (Fsp3) is 0.167. The average Bonchev–Trinajstić information content (AvgIpc) is 3.23. The molecule has 0 aliphatic carbocycles. The smallest absolute Gasteiger partial charge is 0.286 e. The monoisotopic (exact) mass is 355 g/mol. The summed E-state index contributed by atoms with van der Waals surface area (Å²) in [5, 5.41) is 10.8. The zero-order valence-corrected chi connectivity index (χ0v) is 14.5. The predicted molar refractivity (Wildman–Crippen MR) is 101 cm³/mol. The highest BCUT2D eigenvalue weighted by atomic mass is 35.5. The summed E-state index contributed by atoms with van der Waals surface area (Å²) in [5.41, 5.74) is 8.63. The lowest BCUT2D eigenvalue weighted by molar-refractivity contribution is 0.407. The van der Waals surface area contributed by atoms with E-state index in [0.29, 0.717) is 23.4 Å². The Balaban J connectivity index is 1.86. The van der Waals surface area contributed by atoms with Crippen molar-refractivity contribution in [3.8, 4) is 0 Å². The fourth-order valence-corrected chi connectivity index (χ4v) is 2.53. The maximum absolute atomic E-state index is 6.21. The van der Waals surface area contributed by atoms with Gasteiger partial charge in [0.15, 0.2) is 0 Å². The van der Waals surface area contributed by atoms with E-state index in [1.165, 1.54) is 0 Å². The third-order valence-corrected chi connectivity index (χ3v) is 3.92. The molecule has 0 radical (unpaired) electrons. The molecule has 0 amide bonds. The molecule has 0 spiro atoms. The van der Waals surface area contributed by atoms with Crippen molar-refractivity contribution < 1.29 is 4.52 Å². The van der Waals surface area contributed by atoms with E-state index in [-0.39, 0.29) is 6.04 Å². The second-order valence-corrected chi connectivity index (χ2v) is 5.87. The van der Waals surface area contributed by atoms with Crippen molar-refractivity contribution in [3.05, 3.63) is 71.6 Å². The number of allylic oxidation sites excluding steroid dienone is 5. The van der Waals surface area contributed by atoms with Gasteiger partial charge in [0, 0.05) is 10.6 Å². The maximum Gasteiger partial charge on any atom is 0.286 e. The Kier molecular flexibility index (Phi) is 5.11. The molecule has 1 aliphatic rings. The molecule has 0 bridgehead atoms. The van der Waals surface area contributed by atoms with Crippen LogP contribution in [0.15, 0.2) is 64.8 Å². The summed E-state index contributed by atoms with van der Waals surface area (Å²) in [6, 6.07) is 7.15. The third-order valence-electron chi connectivity index (χ3n) is 3.67. The van der Waals surface area contributed by atoms with Crippen LogP contribution in [0.3, 0.4) is 0 Å². The number of anilines is 1. The van der Waals surface area contributed by atoms with Gasteiger partial charge in [-0.15, -0.1) is 0 Å². The minimum atomic E-state index is -0.249. The lowest BCUT2D eigenvalue weighted by atomic mass is 10.1. The molecule has 2 heterocycles. The van der Waals surface area contributed by atoms with Crippen LogP contribution in [-0.4, -0.2) is 28.4 Å². The Bertz CT molecular complexity index is 851. The Hall–Kier alpha value is -2.70. The van der Waals surface area contributed by atoms with E-state index in [2.05, 4.69) is 21.8 Å². The summed E-state index contributed by atoms with van der Waals surface area (Å²) in [7, 11) is 0. The molecular formula is C18H18ClN5O. The van der Waals surface area contributed by atoms with Crippen molar-refractivity contribution in [1.82, 2.24) is 10.1 Å². The number of hydrazone groups is 1. The van der Waals surface area contributed by atoms with Crippen LogP contribution >= 0.6 is 11.6 Å². The lowest BCUT2D eigenvalue weighted by Crippen LogP contribution is -2.33. The molecule has 0 saturated heterocycles. The molecule has 1 unspecified atom stereocenters. The van der Waals surface area contributed by atoms with E-state index < -0.39 is 0 Å². The van der Waals surface area contributed by atoms with Gasteiger partial charge in [0.1, 0.15) is 0 Å². The third kappa shape index (κ3) is 3.70. The molecule has 1 aromatic heterocycles. The highest BCUT2D eigenvalue weighted by Crippen LogP contribution is 2.22. The molecule has 1 aromatic carbocycles. The normalized spacial score (nSPS) is 18.0. The van der Waals surface area contributed by atoms with Gasteiger partial charge in [-0.25, -0.2) is 5.01 Å². The van der Waals surface area contributed by atoms with Gasteiger partial charge < -0.3 is 10.3 Å². The summed E-state index contributed by atoms with van der Waals surface area (Å²) in [6.45, 7) is 6.16. The van der Waals surface area contributed by atoms with Crippen molar-refractivity contribution in [2.75, 3.05) is 11.6 Å². The van der Waals surface area contributed by atoms with Crippen LogP contribution in [0.2, 0.25) is 5.02 Å². The van der Waals surface area contributed by atoms with Crippen molar-refractivity contribution in [2.45, 2.75) is 13.0 Å². The number of nitrogens with zero attached hydrogens (tertiary/aromatic N) is 4. The summed E-state index contributed by atoms with van der Waals surface area (Å²) >= 11 is 5.93. The van der Waals surface area contributed by atoms with E-state index >= 15 is 0 Å². The van der Waals surface area contributed by atoms with Gasteiger partial charge in [0.25, 0.3) is 11.8 Å². The molecule has 2 N–H and O–H groups in total. The van der Waals surface area contributed by atoms with Crippen LogP contribution < -0.4 is 10.7 Å². The second-order valence-electron chi connectivity index (χ2n) is 5.43. The molecule has 128 valence electrons. The number of hydrogen-bond acceptors (Lipinski definition) is 6. The number of aromatic nitrogens is 2. The molecule has 1 aliphatic heterocycles. The van der Waals surface area contributed by atoms with Crippen LogP contribution in [0.1, 0.15) is 18.4 Å². The summed E-state index contributed by atoms with van der Waals surface area (Å²) in [5.74, 6) is 0.745. The highest BCUT2D eigenvalue weighted by molar-refractivity contribution is 6.30. The average molecular weight is 356 g/mol. The first-order chi connectivity index (χ1) is 12.1. The molecule has 7 heteroatoms. The van der Waals surface area contributed by atoms with Crippen molar-refractivity contribution >= 4 is 28.8 Å². The number of benzene rings is 1. The van der Waals surface area contributed by atoms with Crippen molar-refractivity contribution in [3.63, 3.8) is 0 Å². The Morgan fingerprint density at radius 1 is 1.40 bits per heavy atom. The SMILES string of the molecule is C=C/C(=C\C=C/C)c1nc(N2CC(N)C(c3ccc(Cl)cc3)=N2)no1. The van der Waals surface area contributed by atoms with Gasteiger partial charge in [-0.2, -0.15) is 10.1 Å². The first-order valence-electron chi connectivity index (χ1n) is 7.79. The van der Waals surface area contributed by atoms with Gasteiger partial charge in [0.05, 0.1) is 18.3 Å². The van der Waals surface area contributed by atoms with Gasteiger partial charge in [-0.3, -0.25) is 0 Å². The Labute approximate surface area is 151 Å². The van der Waals surface area contributed by atoms with E-state index in [9.17, 15) is 0 Å². The first-order valence-corrected chi connectivity index (χ1v) is 8.17. The summed E-state index contributed by atoms with van der Waals surface area (Å²) in [4.78, 5) is 4.38. The van der Waals surface area contributed by atoms with E-state index in [4.69, 9.17) is 21.9 Å². The number of halogens is 1. The van der Waals surface area contributed by atoms with Gasteiger partial charge in [-0.1, -0.05) is 48.5 Å². The van der Waals surface area contributed by atoms with E-state index in [1.54, 1.807) is 11.1 Å². The van der Waals surface area contributed by atoms with E-state index in [0.717, 1.165) is 16.8 Å². The molecule has 0 fully saturated rings. The topological polar surface area (TPSA) is 80.5 Å². The number of rotatable bonds is 5. The lowest BCUT2D eigenvalue weighted by Gasteiger charge is -2.07. The largest absolute Gasteiger partial charge is 0.332 e. The van der Waals surface area contributed by atoms with Gasteiger partial charge in [-0.05, 0) is 35.9 Å². The predicted octanol–water partition coefficient (Wildman–Crippen LogP) is 3.42. The van der Waals surface area contributed by atoms with Gasteiger partial charge >= 0.3 is 0 Å². The maximum atomic E-state index is 6.21. The van der Waals surface area contributed by atoms with Crippen LogP contribution in [-0.2, 0) is 0 Å². The quantitative estimate of drug-likeness (QED) is 0.831. The standard InChI is InChI=1S/C18H18ClN5O/c1-3-5-6-12(4-2)17-21-18(23-25-17)24-11-15(20)16(22-24)13-7-9-14(19)10-8-13/h3-10,15H,2,11,20H2,1H3/b5-3-,12-6+. The van der Waals surface area contributed by atoms with Crippen molar-refractivity contribution in [2.24, 2.45) is 10.8 Å². The molecule has 3 rings (SSSR count). The van der Waals surface area contributed by atoms with Crippen LogP contribution in [0.4, 0.5) is 5.95 Å². The van der Waals surface area contributed by atoms with Crippen LogP contribution in [0.25, 0.3) is 5.57 Å². The molecular weight excluding hydrogens is 338 g/mol. The van der Waals surface area contributed by atoms with E-state index in [1.807, 2.05) is 49.4 Å². The highest BCUT2D eigenvalue weighted by Gasteiger charge is 2.28. The molecule has 6 nitrogen and oxygen atoms in total. The van der Waals surface area contributed by atoms with Gasteiger partial charge in [0.2, 0.25) is 0 Å².